The molecular formula is C20H23Cl2N3O. The van der Waals surface area contributed by atoms with Gasteiger partial charge in [0.05, 0.1) is 0 Å². The van der Waals surface area contributed by atoms with E-state index in [9.17, 15) is 4.79 Å². The van der Waals surface area contributed by atoms with Crippen molar-refractivity contribution in [2.45, 2.75) is 13.3 Å². The van der Waals surface area contributed by atoms with Gasteiger partial charge in [-0.3, -0.25) is 0 Å². The fourth-order valence-corrected chi connectivity index (χ4v) is 3.44. The van der Waals surface area contributed by atoms with E-state index in [0.29, 0.717) is 19.6 Å². The Bertz CT molecular complexity index is 756. The van der Waals surface area contributed by atoms with Crippen LogP contribution in [0.15, 0.2) is 42.5 Å². The van der Waals surface area contributed by atoms with Crippen LogP contribution in [-0.4, -0.2) is 43.7 Å². The molecule has 1 N–H and O–H groups in total. The van der Waals surface area contributed by atoms with Crippen molar-refractivity contribution in [1.82, 2.24) is 10.2 Å². The summed E-state index contributed by atoms with van der Waals surface area (Å²) in [5, 5.41) is 4.48. The fourth-order valence-electron chi connectivity index (χ4n) is 3.15. The molecule has 0 spiro atoms. The molecule has 0 aromatic heterocycles. The third-order valence-corrected chi connectivity index (χ3v) is 5.17. The number of urea groups is 1. The monoisotopic (exact) mass is 391 g/mol. The molecule has 2 aromatic rings. The van der Waals surface area contributed by atoms with E-state index in [1.54, 1.807) is 0 Å². The average molecular weight is 392 g/mol. The third-order valence-electron chi connectivity index (χ3n) is 4.68. The number of nitrogens with one attached hydrogen (secondary N) is 1. The summed E-state index contributed by atoms with van der Waals surface area (Å²) in [5.74, 6) is 0. The summed E-state index contributed by atoms with van der Waals surface area (Å²) < 4.78 is 0. The van der Waals surface area contributed by atoms with E-state index >= 15 is 0 Å². The second-order valence-electron chi connectivity index (χ2n) is 6.51. The molecule has 1 aliphatic heterocycles. The molecule has 2 amide bonds. The van der Waals surface area contributed by atoms with Gasteiger partial charge < -0.3 is 15.1 Å². The maximum Gasteiger partial charge on any atom is 0.317 e. The lowest BCUT2D eigenvalue weighted by atomic mass is 10.1. The van der Waals surface area contributed by atoms with Crippen LogP contribution in [0.1, 0.15) is 11.1 Å². The fraction of sp³-hybridized carbons (Fsp3) is 0.350. The largest absolute Gasteiger partial charge is 0.368 e. The Balaban J connectivity index is 1.46. The Hall–Kier alpha value is -1.91. The quantitative estimate of drug-likeness (QED) is 0.839. The summed E-state index contributed by atoms with van der Waals surface area (Å²) in [6.07, 6.45) is 0.796. The first kappa shape index (κ1) is 18.9. The number of rotatable bonds is 4. The lowest BCUT2D eigenvalue weighted by molar-refractivity contribution is 0.194. The lowest BCUT2D eigenvalue weighted by Gasteiger charge is -2.36. The molecule has 1 heterocycles. The smallest absolute Gasteiger partial charge is 0.317 e. The highest BCUT2D eigenvalue weighted by atomic mass is 35.5. The van der Waals surface area contributed by atoms with Crippen molar-refractivity contribution in [3.63, 3.8) is 0 Å². The van der Waals surface area contributed by atoms with Crippen molar-refractivity contribution in [3.8, 4) is 0 Å². The Labute approximate surface area is 164 Å². The third kappa shape index (κ3) is 4.83. The van der Waals surface area contributed by atoms with Gasteiger partial charge in [-0.05, 0) is 48.7 Å². The number of piperazine rings is 1. The number of hydrogen-bond acceptors (Lipinski definition) is 2. The van der Waals surface area contributed by atoms with Crippen molar-refractivity contribution < 1.29 is 4.79 Å². The van der Waals surface area contributed by atoms with Crippen molar-refractivity contribution in [1.29, 1.82) is 0 Å². The van der Waals surface area contributed by atoms with Crippen LogP contribution in [0.5, 0.6) is 0 Å². The van der Waals surface area contributed by atoms with E-state index in [2.05, 4.69) is 17.1 Å². The van der Waals surface area contributed by atoms with Crippen LogP contribution in [-0.2, 0) is 6.42 Å². The minimum atomic E-state index is 0.00132. The van der Waals surface area contributed by atoms with Gasteiger partial charge in [0.2, 0.25) is 0 Å². The number of aryl methyl sites for hydroxylation is 1. The summed E-state index contributed by atoms with van der Waals surface area (Å²) in [6.45, 7) is 5.74. The topological polar surface area (TPSA) is 35.6 Å². The van der Waals surface area contributed by atoms with Crippen LogP contribution >= 0.6 is 23.2 Å². The van der Waals surface area contributed by atoms with Crippen LogP contribution < -0.4 is 10.2 Å². The van der Waals surface area contributed by atoms with E-state index in [0.717, 1.165) is 40.8 Å². The van der Waals surface area contributed by atoms with Crippen LogP contribution in [0.2, 0.25) is 10.0 Å². The first-order valence-electron chi connectivity index (χ1n) is 8.81. The van der Waals surface area contributed by atoms with Crippen molar-refractivity contribution in [3.05, 3.63) is 63.6 Å². The van der Waals surface area contributed by atoms with E-state index in [-0.39, 0.29) is 6.03 Å². The van der Waals surface area contributed by atoms with E-state index in [1.807, 2.05) is 47.4 Å². The summed E-state index contributed by atoms with van der Waals surface area (Å²) in [6, 6.07) is 13.7. The Kier molecular flexibility index (Phi) is 6.28. The van der Waals surface area contributed by atoms with Gasteiger partial charge in [0.25, 0.3) is 0 Å². The number of anilines is 1. The van der Waals surface area contributed by atoms with Gasteiger partial charge in [0.1, 0.15) is 0 Å². The molecule has 2 aromatic carbocycles. The molecule has 3 rings (SSSR count). The van der Waals surface area contributed by atoms with E-state index in [1.165, 1.54) is 5.56 Å². The predicted octanol–water partition coefficient (Wildman–Crippen LogP) is 4.38. The number of amides is 2. The zero-order chi connectivity index (χ0) is 18.5. The number of nitrogens with zero attached hydrogens (tertiary/aromatic N) is 2. The molecule has 1 fully saturated rings. The molecule has 6 heteroatoms. The number of halogens is 2. The molecule has 0 saturated carbocycles. The highest BCUT2D eigenvalue weighted by Crippen LogP contribution is 2.25. The minimum absolute atomic E-state index is 0.00132. The molecule has 0 atom stereocenters. The molecule has 1 saturated heterocycles. The van der Waals surface area contributed by atoms with E-state index < -0.39 is 0 Å². The van der Waals surface area contributed by atoms with Gasteiger partial charge in [-0.2, -0.15) is 0 Å². The average Bonchev–Trinajstić information content (AvgIpc) is 2.65. The van der Waals surface area contributed by atoms with Gasteiger partial charge in [-0.1, -0.05) is 41.4 Å². The summed E-state index contributed by atoms with van der Waals surface area (Å²) in [4.78, 5) is 16.5. The first-order chi connectivity index (χ1) is 12.5. The number of carbonyl (C=O) groups is 1. The first-order valence-corrected chi connectivity index (χ1v) is 9.57. The highest BCUT2D eigenvalue weighted by Gasteiger charge is 2.21. The van der Waals surface area contributed by atoms with Crippen molar-refractivity contribution in [2.24, 2.45) is 0 Å². The molecular weight excluding hydrogens is 369 g/mol. The number of hydrogen-bond donors (Lipinski definition) is 1. The van der Waals surface area contributed by atoms with Crippen LogP contribution in [0, 0.1) is 6.92 Å². The van der Waals surface area contributed by atoms with Gasteiger partial charge >= 0.3 is 6.03 Å². The minimum Gasteiger partial charge on any atom is -0.368 e. The molecule has 4 nitrogen and oxygen atoms in total. The maximum atomic E-state index is 12.4. The Morgan fingerprint density at radius 3 is 2.35 bits per heavy atom. The highest BCUT2D eigenvalue weighted by molar-refractivity contribution is 6.31. The molecule has 0 aliphatic carbocycles. The second-order valence-corrected chi connectivity index (χ2v) is 7.39. The van der Waals surface area contributed by atoms with Gasteiger partial charge in [-0.15, -0.1) is 0 Å². The Morgan fingerprint density at radius 2 is 1.65 bits per heavy atom. The Morgan fingerprint density at radius 1 is 1.00 bits per heavy atom. The summed E-state index contributed by atoms with van der Waals surface area (Å²) in [7, 11) is 0. The number of carbonyl (C=O) groups excluding carboxylic acids is 1. The van der Waals surface area contributed by atoms with Crippen LogP contribution in [0.25, 0.3) is 0 Å². The van der Waals surface area contributed by atoms with Crippen LogP contribution in [0.4, 0.5) is 10.5 Å². The molecule has 1 aliphatic rings. The number of benzene rings is 2. The zero-order valence-electron chi connectivity index (χ0n) is 14.8. The molecule has 138 valence electrons. The van der Waals surface area contributed by atoms with Gasteiger partial charge in [0.15, 0.2) is 0 Å². The standard InChI is InChI=1S/C20H23Cl2N3O/c1-15-2-5-18(22)14-19(15)24-10-12-25(13-11-24)20(26)23-9-8-16-3-6-17(21)7-4-16/h2-7,14H,8-13H2,1H3,(H,23,26). The molecule has 0 bridgehead atoms. The molecule has 0 radical (unpaired) electrons. The lowest BCUT2D eigenvalue weighted by Crippen LogP contribution is -2.52. The van der Waals surface area contributed by atoms with Gasteiger partial charge in [-0.25, -0.2) is 4.79 Å². The summed E-state index contributed by atoms with van der Waals surface area (Å²) >= 11 is 12.0. The molecule has 26 heavy (non-hydrogen) atoms. The van der Waals surface area contributed by atoms with Crippen LogP contribution in [0.3, 0.4) is 0 Å². The maximum absolute atomic E-state index is 12.4. The normalized spacial score (nSPS) is 14.4. The SMILES string of the molecule is Cc1ccc(Cl)cc1N1CCN(C(=O)NCCc2ccc(Cl)cc2)CC1. The molecule has 0 unspecified atom stereocenters. The van der Waals surface area contributed by atoms with Gasteiger partial charge in [0, 0.05) is 48.5 Å². The second kappa shape index (κ2) is 8.65. The van der Waals surface area contributed by atoms with Crippen molar-refractivity contribution in [2.75, 3.05) is 37.6 Å². The van der Waals surface area contributed by atoms with E-state index in [4.69, 9.17) is 23.2 Å². The zero-order valence-corrected chi connectivity index (χ0v) is 16.4. The van der Waals surface area contributed by atoms with Crippen molar-refractivity contribution >= 4 is 34.9 Å². The summed E-state index contributed by atoms with van der Waals surface area (Å²) in [5.41, 5.74) is 3.52. The predicted molar refractivity (Wildman–Crippen MR) is 109 cm³/mol.